The molecule has 2 aromatic rings. The zero-order chi connectivity index (χ0) is 22.5. The summed E-state index contributed by atoms with van der Waals surface area (Å²) in [7, 11) is 0. The van der Waals surface area contributed by atoms with Crippen molar-refractivity contribution in [2.45, 2.75) is 66.3 Å². The van der Waals surface area contributed by atoms with Gasteiger partial charge in [0.15, 0.2) is 5.13 Å². The van der Waals surface area contributed by atoms with Crippen LogP contribution in [0.15, 0.2) is 17.0 Å². The van der Waals surface area contributed by atoms with Crippen LogP contribution in [0.1, 0.15) is 49.8 Å². The van der Waals surface area contributed by atoms with E-state index in [-0.39, 0.29) is 17.8 Å². The number of carbonyl (C=O) groups excluding carboxylic acids is 1. The van der Waals surface area contributed by atoms with Gasteiger partial charge in [0.25, 0.3) is 5.91 Å². The van der Waals surface area contributed by atoms with E-state index in [1.54, 1.807) is 6.08 Å². The van der Waals surface area contributed by atoms with E-state index in [1.807, 2.05) is 31.4 Å². The number of rotatable bonds is 7. The minimum absolute atomic E-state index is 0.0735. The molecular weight excluding hydrogens is 410 g/mol. The Morgan fingerprint density at radius 2 is 2.10 bits per heavy atom. The Kier molecular flexibility index (Phi) is 7.65. The molecule has 3 heterocycles. The van der Waals surface area contributed by atoms with Crippen molar-refractivity contribution in [2.75, 3.05) is 18.4 Å². The topological polar surface area (TPSA) is 83.2 Å². The number of hydrogen-bond acceptors (Lipinski definition) is 6. The van der Waals surface area contributed by atoms with Gasteiger partial charge in [-0.05, 0) is 51.8 Å². The lowest BCUT2D eigenvalue weighted by molar-refractivity contribution is -0.112. The van der Waals surface area contributed by atoms with E-state index >= 15 is 0 Å². The van der Waals surface area contributed by atoms with Crippen LogP contribution in [-0.2, 0) is 22.6 Å². The van der Waals surface area contributed by atoms with Crippen molar-refractivity contribution in [3.05, 3.63) is 39.7 Å². The minimum atomic E-state index is -0.433. The number of anilines is 1. The Labute approximate surface area is 188 Å². The molecule has 2 unspecified atom stereocenters. The van der Waals surface area contributed by atoms with Crippen LogP contribution >= 0.6 is 11.3 Å². The number of nitriles is 1. The third-order valence-electron chi connectivity index (χ3n) is 5.38. The summed E-state index contributed by atoms with van der Waals surface area (Å²) in [6.45, 7) is 13.7. The first-order chi connectivity index (χ1) is 14.8. The second kappa shape index (κ2) is 10.2. The van der Waals surface area contributed by atoms with Gasteiger partial charge < -0.3 is 9.30 Å². The maximum Gasteiger partial charge on any atom is 0.268 e. The van der Waals surface area contributed by atoms with Gasteiger partial charge >= 0.3 is 0 Å². The standard InChI is InChI=1S/C23H31N5O2S/c1-6-7-28-15(2)8-19(18(28)5)9-20(10-24)22(29)26-23-25-21(14-31-23)13-27-11-16(3)30-17(4)12-27/h8-9,14,16-17H,6-7,11-13H2,1-5H3,(H,25,26,29)/b20-9-. The molecule has 2 atom stereocenters. The van der Waals surface area contributed by atoms with Crippen LogP contribution in [0.25, 0.3) is 6.08 Å². The molecule has 3 rings (SSSR count). The number of aromatic nitrogens is 2. The molecule has 0 bridgehead atoms. The third-order valence-corrected chi connectivity index (χ3v) is 6.18. The monoisotopic (exact) mass is 441 g/mol. The number of nitrogens with zero attached hydrogens (tertiary/aromatic N) is 4. The van der Waals surface area contributed by atoms with E-state index in [2.05, 4.69) is 40.5 Å². The summed E-state index contributed by atoms with van der Waals surface area (Å²) in [5, 5.41) is 14.8. The van der Waals surface area contributed by atoms with Gasteiger partial charge in [-0.15, -0.1) is 11.3 Å². The third kappa shape index (κ3) is 5.82. The summed E-state index contributed by atoms with van der Waals surface area (Å²) in [6, 6.07) is 4.05. The molecule has 0 aromatic carbocycles. The molecule has 31 heavy (non-hydrogen) atoms. The Balaban J connectivity index is 1.67. The summed E-state index contributed by atoms with van der Waals surface area (Å²) in [5.74, 6) is -0.433. The number of amides is 1. The highest BCUT2D eigenvalue weighted by Crippen LogP contribution is 2.22. The Bertz CT molecular complexity index is 990. The molecule has 2 aromatic heterocycles. The number of aryl methyl sites for hydroxylation is 1. The fourth-order valence-electron chi connectivity index (χ4n) is 4.09. The lowest BCUT2D eigenvalue weighted by Gasteiger charge is -2.34. The van der Waals surface area contributed by atoms with Crippen LogP contribution in [0.3, 0.4) is 0 Å². The predicted molar refractivity (Wildman–Crippen MR) is 124 cm³/mol. The van der Waals surface area contributed by atoms with Gasteiger partial charge in [-0.2, -0.15) is 5.26 Å². The highest BCUT2D eigenvalue weighted by Gasteiger charge is 2.23. The highest BCUT2D eigenvalue weighted by molar-refractivity contribution is 7.14. The number of ether oxygens (including phenoxy) is 1. The van der Waals surface area contributed by atoms with Crippen LogP contribution in [0.2, 0.25) is 0 Å². The van der Waals surface area contributed by atoms with E-state index in [0.717, 1.165) is 55.2 Å². The van der Waals surface area contributed by atoms with Crippen molar-refractivity contribution in [3.63, 3.8) is 0 Å². The molecule has 1 fully saturated rings. The fourth-order valence-corrected chi connectivity index (χ4v) is 4.79. The predicted octanol–water partition coefficient (Wildman–Crippen LogP) is 4.13. The minimum Gasteiger partial charge on any atom is -0.373 e. The largest absolute Gasteiger partial charge is 0.373 e. The molecule has 1 saturated heterocycles. The number of carbonyl (C=O) groups is 1. The molecule has 1 N–H and O–H groups in total. The Morgan fingerprint density at radius 1 is 1.39 bits per heavy atom. The average Bonchev–Trinajstić information content (AvgIpc) is 3.24. The van der Waals surface area contributed by atoms with E-state index in [4.69, 9.17) is 4.74 Å². The Hall–Kier alpha value is -2.47. The molecule has 1 aliphatic rings. The summed E-state index contributed by atoms with van der Waals surface area (Å²) < 4.78 is 7.98. The van der Waals surface area contributed by atoms with Crippen molar-refractivity contribution < 1.29 is 9.53 Å². The van der Waals surface area contributed by atoms with Crippen LogP contribution < -0.4 is 5.32 Å². The lowest BCUT2D eigenvalue weighted by Crippen LogP contribution is -2.44. The van der Waals surface area contributed by atoms with Crippen molar-refractivity contribution in [3.8, 4) is 6.07 Å². The van der Waals surface area contributed by atoms with Crippen molar-refractivity contribution in [1.29, 1.82) is 5.26 Å². The summed E-state index contributed by atoms with van der Waals surface area (Å²) in [5.41, 5.74) is 4.06. The van der Waals surface area contributed by atoms with Crippen LogP contribution in [0.5, 0.6) is 0 Å². The summed E-state index contributed by atoms with van der Waals surface area (Å²) >= 11 is 1.38. The molecule has 0 spiro atoms. The smallest absolute Gasteiger partial charge is 0.268 e. The van der Waals surface area contributed by atoms with Gasteiger partial charge in [-0.3, -0.25) is 15.0 Å². The van der Waals surface area contributed by atoms with Crippen molar-refractivity contribution in [1.82, 2.24) is 14.5 Å². The maximum atomic E-state index is 12.7. The van der Waals surface area contributed by atoms with Gasteiger partial charge in [0.05, 0.1) is 17.9 Å². The van der Waals surface area contributed by atoms with Gasteiger partial charge in [0.1, 0.15) is 11.6 Å². The highest BCUT2D eigenvalue weighted by atomic mass is 32.1. The Morgan fingerprint density at radius 3 is 2.74 bits per heavy atom. The zero-order valence-corrected chi connectivity index (χ0v) is 19.8. The van der Waals surface area contributed by atoms with Crippen LogP contribution in [0.4, 0.5) is 5.13 Å². The van der Waals surface area contributed by atoms with Crippen LogP contribution in [-0.4, -0.2) is 45.7 Å². The first-order valence-electron chi connectivity index (χ1n) is 10.7. The first-order valence-corrected chi connectivity index (χ1v) is 11.6. The molecule has 1 amide bonds. The van der Waals surface area contributed by atoms with E-state index in [0.29, 0.717) is 5.13 Å². The van der Waals surface area contributed by atoms with Gasteiger partial charge in [0.2, 0.25) is 0 Å². The van der Waals surface area contributed by atoms with E-state index < -0.39 is 5.91 Å². The quantitative estimate of drug-likeness (QED) is 0.516. The second-order valence-electron chi connectivity index (χ2n) is 8.20. The molecule has 1 aliphatic heterocycles. The SMILES string of the molecule is CCCn1c(C)cc(/C=C(/C#N)C(=O)Nc2nc(CN3CC(C)OC(C)C3)cs2)c1C. The molecular formula is C23H31N5O2S. The van der Waals surface area contributed by atoms with Gasteiger partial charge in [-0.1, -0.05) is 6.92 Å². The van der Waals surface area contributed by atoms with Crippen molar-refractivity contribution >= 4 is 28.5 Å². The number of nitrogens with one attached hydrogen (secondary N) is 1. The second-order valence-corrected chi connectivity index (χ2v) is 9.06. The van der Waals surface area contributed by atoms with Crippen molar-refractivity contribution in [2.24, 2.45) is 0 Å². The van der Waals surface area contributed by atoms with Gasteiger partial charge in [-0.25, -0.2) is 4.98 Å². The molecule has 0 aliphatic carbocycles. The fraction of sp³-hybridized carbons (Fsp3) is 0.522. The molecule has 0 radical (unpaired) electrons. The molecule has 166 valence electrons. The first kappa shape index (κ1) is 23.2. The molecule has 7 nitrogen and oxygen atoms in total. The van der Waals surface area contributed by atoms with E-state index in [9.17, 15) is 10.1 Å². The number of morpholine rings is 1. The number of thiazole rings is 1. The van der Waals surface area contributed by atoms with Crippen LogP contribution in [0, 0.1) is 25.2 Å². The van der Waals surface area contributed by atoms with Gasteiger partial charge in [0, 0.05) is 42.9 Å². The molecule has 8 heteroatoms. The summed E-state index contributed by atoms with van der Waals surface area (Å²) in [4.78, 5) is 19.5. The lowest BCUT2D eigenvalue weighted by atomic mass is 10.1. The normalized spacial score (nSPS) is 19.9. The zero-order valence-electron chi connectivity index (χ0n) is 18.9. The number of hydrogen-bond donors (Lipinski definition) is 1. The molecule has 0 saturated carbocycles. The summed E-state index contributed by atoms with van der Waals surface area (Å²) in [6.07, 6.45) is 3.09. The average molecular weight is 442 g/mol. The maximum absolute atomic E-state index is 12.7. The van der Waals surface area contributed by atoms with E-state index in [1.165, 1.54) is 11.3 Å².